The van der Waals surface area contributed by atoms with Crippen LogP contribution in [0.25, 0.3) is 11.4 Å². The van der Waals surface area contributed by atoms with Crippen molar-refractivity contribution in [2.24, 2.45) is 5.92 Å². The predicted octanol–water partition coefficient (Wildman–Crippen LogP) is 3.44. The summed E-state index contributed by atoms with van der Waals surface area (Å²) in [7, 11) is 1.71. The summed E-state index contributed by atoms with van der Waals surface area (Å²) in [6.07, 6.45) is 2.44. The molecule has 5 heteroatoms. The minimum atomic E-state index is 0.654. The average molecular weight is 326 g/mol. The molecule has 0 spiro atoms. The lowest BCUT2D eigenvalue weighted by Crippen LogP contribution is -2.33. The number of nitrogens with one attached hydrogen (secondary N) is 1. The van der Waals surface area contributed by atoms with Gasteiger partial charge in [0.15, 0.2) is 5.82 Å². The molecule has 0 atom stereocenters. The zero-order valence-corrected chi connectivity index (χ0v) is 14.5. The quantitative estimate of drug-likeness (QED) is 0.824. The van der Waals surface area contributed by atoms with Crippen molar-refractivity contribution in [1.29, 1.82) is 0 Å². The van der Waals surface area contributed by atoms with E-state index in [2.05, 4.69) is 40.3 Å². The number of benzene rings is 1. The molecule has 24 heavy (non-hydrogen) atoms. The van der Waals surface area contributed by atoms with Crippen molar-refractivity contribution in [3.05, 3.63) is 36.4 Å². The summed E-state index contributed by atoms with van der Waals surface area (Å²) in [6.45, 7) is 5.83. The van der Waals surface area contributed by atoms with Gasteiger partial charge in [0.1, 0.15) is 11.6 Å². The normalized spacial score (nSPS) is 15.5. The first-order valence-electron chi connectivity index (χ1n) is 8.68. The Morgan fingerprint density at radius 3 is 2.62 bits per heavy atom. The van der Waals surface area contributed by atoms with Gasteiger partial charge < -0.3 is 15.0 Å². The number of piperidine rings is 1. The number of nitrogens with zero attached hydrogens (tertiary/aromatic N) is 3. The zero-order chi connectivity index (χ0) is 16.8. The smallest absolute Gasteiger partial charge is 0.163 e. The molecule has 0 aliphatic carbocycles. The van der Waals surface area contributed by atoms with Gasteiger partial charge in [0, 0.05) is 38.4 Å². The van der Waals surface area contributed by atoms with Crippen molar-refractivity contribution in [2.75, 3.05) is 43.6 Å². The summed E-state index contributed by atoms with van der Waals surface area (Å²) in [5, 5.41) is 3.34. The van der Waals surface area contributed by atoms with Gasteiger partial charge in [-0.2, -0.15) is 0 Å². The van der Waals surface area contributed by atoms with Crippen LogP contribution in [0, 0.1) is 5.92 Å². The van der Waals surface area contributed by atoms with Gasteiger partial charge in [0.2, 0.25) is 0 Å². The molecule has 5 nitrogen and oxygen atoms in total. The summed E-state index contributed by atoms with van der Waals surface area (Å²) in [4.78, 5) is 11.9. The van der Waals surface area contributed by atoms with Crippen LogP contribution in [0.4, 0.5) is 11.6 Å². The Bertz CT molecular complexity index is 639. The Balaban J connectivity index is 1.87. The molecule has 1 fully saturated rings. The largest absolute Gasteiger partial charge is 0.383 e. The minimum absolute atomic E-state index is 0.654. The van der Waals surface area contributed by atoms with E-state index >= 15 is 0 Å². The van der Waals surface area contributed by atoms with Crippen molar-refractivity contribution in [3.8, 4) is 11.4 Å². The van der Waals surface area contributed by atoms with Crippen molar-refractivity contribution in [3.63, 3.8) is 0 Å². The van der Waals surface area contributed by atoms with Crippen LogP contribution in [0.5, 0.6) is 0 Å². The monoisotopic (exact) mass is 326 g/mol. The highest BCUT2D eigenvalue weighted by Gasteiger charge is 2.18. The number of ether oxygens (including phenoxy) is 1. The average Bonchev–Trinajstić information content (AvgIpc) is 2.63. The molecule has 2 heterocycles. The number of rotatable bonds is 6. The molecule has 0 saturated carbocycles. The van der Waals surface area contributed by atoms with Crippen LogP contribution in [0.3, 0.4) is 0 Å². The topological polar surface area (TPSA) is 50.3 Å². The number of methoxy groups -OCH3 is 1. The van der Waals surface area contributed by atoms with E-state index in [-0.39, 0.29) is 0 Å². The third-order valence-corrected chi connectivity index (χ3v) is 4.46. The number of anilines is 2. The van der Waals surface area contributed by atoms with Gasteiger partial charge in [-0.15, -0.1) is 0 Å². The highest BCUT2D eigenvalue weighted by molar-refractivity contribution is 5.61. The van der Waals surface area contributed by atoms with Crippen molar-refractivity contribution >= 4 is 11.6 Å². The van der Waals surface area contributed by atoms with Gasteiger partial charge >= 0.3 is 0 Å². The Morgan fingerprint density at radius 2 is 1.92 bits per heavy atom. The molecule has 1 aromatic heterocycles. The van der Waals surface area contributed by atoms with E-state index in [4.69, 9.17) is 9.72 Å². The van der Waals surface area contributed by atoms with E-state index in [1.54, 1.807) is 7.11 Å². The molecule has 0 radical (unpaired) electrons. The lowest BCUT2D eigenvalue weighted by molar-refractivity contribution is 0.210. The molecule has 0 bridgehead atoms. The third kappa shape index (κ3) is 4.23. The third-order valence-electron chi connectivity index (χ3n) is 4.46. The second kappa shape index (κ2) is 8.11. The van der Waals surface area contributed by atoms with Crippen molar-refractivity contribution < 1.29 is 4.74 Å². The van der Waals surface area contributed by atoms with Crippen molar-refractivity contribution in [1.82, 2.24) is 9.97 Å². The predicted molar refractivity (Wildman–Crippen MR) is 98.4 cm³/mol. The first-order valence-corrected chi connectivity index (χ1v) is 8.68. The SMILES string of the molecule is COCCNc1cc(N2CCC(C)CC2)nc(-c2ccccc2)n1. The Morgan fingerprint density at radius 1 is 1.17 bits per heavy atom. The summed E-state index contributed by atoms with van der Waals surface area (Å²) in [5.41, 5.74) is 1.04. The maximum Gasteiger partial charge on any atom is 0.163 e. The van der Waals surface area contributed by atoms with E-state index in [1.165, 1.54) is 12.8 Å². The maximum atomic E-state index is 5.12. The molecule has 1 aliphatic rings. The fourth-order valence-electron chi connectivity index (χ4n) is 2.92. The molecule has 3 rings (SSSR count). The Labute approximate surface area is 144 Å². The van der Waals surface area contributed by atoms with Gasteiger partial charge in [-0.25, -0.2) is 9.97 Å². The molecule has 1 aliphatic heterocycles. The number of hydrogen-bond acceptors (Lipinski definition) is 5. The lowest BCUT2D eigenvalue weighted by Gasteiger charge is -2.31. The molecule has 2 aromatic rings. The summed E-state index contributed by atoms with van der Waals surface area (Å²) < 4.78 is 5.12. The number of hydrogen-bond donors (Lipinski definition) is 1. The Kier molecular flexibility index (Phi) is 5.64. The van der Waals surface area contributed by atoms with Crippen LogP contribution in [-0.2, 0) is 4.74 Å². The van der Waals surface area contributed by atoms with E-state index in [0.29, 0.717) is 6.61 Å². The summed E-state index contributed by atoms with van der Waals surface area (Å²) in [6, 6.07) is 12.2. The van der Waals surface area contributed by atoms with Crippen LogP contribution in [-0.4, -0.2) is 43.3 Å². The highest BCUT2D eigenvalue weighted by atomic mass is 16.5. The van der Waals surface area contributed by atoms with Gasteiger partial charge in [0.25, 0.3) is 0 Å². The molecular weight excluding hydrogens is 300 g/mol. The first-order chi connectivity index (χ1) is 11.8. The lowest BCUT2D eigenvalue weighted by atomic mass is 9.99. The zero-order valence-electron chi connectivity index (χ0n) is 14.5. The summed E-state index contributed by atoms with van der Waals surface area (Å²) >= 11 is 0. The molecule has 0 amide bonds. The van der Waals surface area contributed by atoms with Gasteiger partial charge in [-0.3, -0.25) is 0 Å². The van der Waals surface area contributed by atoms with E-state index in [1.807, 2.05) is 18.2 Å². The first kappa shape index (κ1) is 16.7. The molecular formula is C19H26N4O. The highest BCUT2D eigenvalue weighted by Crippen LogP contribution is 2.26. The van der Waals surface area contributed by atoms with Crippen molar-refractivity contribution in [2.45, 2.75) is 19.8 Å². The van der Waals surface area contributed by atoms with E-state index in [9.17, 15) is 0 Å². The summed E-state index contributed by atoms with van der Waals surface area (Å²) in [5.74, 6) is 3.44. The standard InChI is InChI=1S/C19H26N4O/c1-15-8-11-23(12-9-15)18-14-17(20-10-13-24-2)21-19(22-18)16-6-4-3-5-7-16/h3-7,14-15H,8-13H2,1-2H3,(H,20,21,22). The van der Waals surface area contributed by atoms with Crippen LogP contribution in [0.15, 0.2) is 36.4 Å². The molecule has 0 unspecified atom stereocenters. The fraction of sp³-hybridized carbons (Fsp3) is 0.474. The minimum Gasteiger partial charge on any atom is -0.383 e. The van der Waals surface area contributed by atoms with Crippen LogP contribution in [0.1, 0.15) is 19.8 Å². The van der Waals surface area contributed by atoms with E-state index < -0.39 is 0 Å². The second-order valence-corrected chi connectivity index (χ2v) is 6.39. The molecule has 1 N–H and O–H groups in total. The van der Waals surface area contributed by atoms with E-state index in [0.717, 1.165) is 48.6 Å². The maximum absolute atomic E-state index is 5.12. The fourth-order valence-corrected chi connectivity index (χ4v) is 2.92. The van der Waals surface area contributed by atoms with Crippen LogP contribution < -0.4 is 10.2 Å². The van der Waals surface area contributed by atoms with Crippen LogP contribution >= 0.6 is 0 Å². The van der Waals surface area contributed by atoms with Gasteiger partial charge in [-0.05, 0) is 18.8 Å². The molecule has 128 valence electrons. The molecule has 1 saturated heterocycles. The number of aromatic nitrogens is 2. The van der Waals surface area contributed by atoms with Gasteiger partial charge in [0.05, 0.1) is 6.61 Å². The van der Waals surface area contributed by atoms with Crippen LogP contribution in [0.2, 0.25) is 0 Å². The second-order valence-electron chi connectivity index (χ2n) is 6.39. The molecule has 1 aromatic carbocycles. The Hall–Kier alpha value is -2.14. The van der Waals surface area contributed by atoms with Gasteiger partial charge in [-0.1, -0.05) is 37.3 Å².